The Morgan fingerprint density at radius 3 is 2.58 bits per heavy atom. The van der Waals surface area contributed by atoms with Crippen molar-refractivity contribution in [3.8, 4) is 6.01 Å². The van der Waals surface area contributed by atoms with Crippen LogP contribution in [0.15, 0.2) is 24.7 Å². The van der Waals surface area contributed by atoms with E-state index in [4.69, 9.17) is 9.47 Å². The van der Waals surface area contributed by atoms with Gasteiger partial charge in [-0.3, -0.25) is 4.90 Å². The van der Waals surface area contributed by atoms with Gasteiger partial charge in [0.1, 0.15) is 18.5 Å². The molecule has 0 aromatic carbocycles. The molecular weight excluding hydrogens is 396 g/mol. The molecule has 1 saturated heterocycles. The summed E-state index contributed by atoms with van der Waals surface area (Å²) in [5.74, 6) is 1.20. The van der Waals surface area contributed by atoms with Crippen LogP contribution in [0, 0.1) is 5.92 Å². The first kappa shape index (κ1) is 21.3. The maximum Gasteiger partial charge on any atom is 0.415 e. The molecule has 2 atom stereocenters. The Hall–Kier alpha value is -2.97. The van der Waals surface area contributed by atoms with Crippen molar-refractivity contribution >= 4 is 17.9 Å². The van der Waals surface area contributed by atoms with Gasteiger partial charge in [0.25, 0.3) is 0 Å². The zero-order valence-electron chi connectivity index (χ0n) is 18.3. The lowest BCUT2D eigenvalue weighted by molar-refractivity contribution is 0.141. The smallest absolute Gasteiger partial charge is 0.415 e. The van der Waals surface area contributed by atoms with E-state index in [0.29, 0.717) is 24.4 Å². The Labute approximate surface area is 182 Å². The van der Waals surface area contributed by atoms with Crippen LogP contribution in [0.2, 0.25) is 0 Å². The number of nitrogens with one attached hydrogen (secondary N) is 1. The Balaban J connectivity index is 1.41. The summed E-state index contributed by atoms with van der Waals surface area (Å²) in [6.07, 6.45) is 10.8. The predicted octanol–water partition coefficient (Wildman–Crippen LogP) is 4.13. The summed E-state index contributed by atoms with van der Waals surface area (Å²) in [5.41, 5.74) is 0.894. The van der Waals surface area contributed by atoms with E-state index in [0.717, 1.165) is 18.4 Å². The monoisotopic (exact) mass is 426 g/mol. The summed E-state index contributed by atoms with van der Waals surface area (Å²) in [4.78, 5) is 31.4. The van der Waals surface area contributed by atoms with Crippen LogP contribution in [0.5, 0.6) is 6.01 Å². The van der Waals surface area contributed by atoms with Crippen molar-refractivity contribution in [1.29, 1.82) is 0 Å². The minimum atomic E-state index is -0.377. The number of ether oxygens (including phenoxy) is 2. The minimum absolute atomic E-state index is 0.0437. The maximum absolute atomic E-state index is 12.2. The molecule has 9 nitrogen and oxygen atoms in total. The fraction of sp³-hybridized carbons (Fsp3) is 0.591. The number of hydrogen-bond donors (Lipinski definition) is 1. The van der Waals surface area contributed by atoms with Crippen LogP contribution in [-0.2, 0) is 4.74 Å². The molecule has 4 rings (SSSR count). The largest absolute Gasteiger partial charge is 0.460 e. The number of aromatic nitrogens is 4. The molecule has 2 aliphatic rings. The highest BCUT2D eigenvalue weighted by Gasteiger charge is 2.37. The Bertz CT molecular complexity index is 885. The van der Waals surface area contributed by atoms with Crippen LogP contribution in [0.25, 0.3) is 0 Å². The van der Waals surface area contributed by atoms with E-state index in [1.54, 1.807) is 29.6 Å². The summed E-state index contributed by atoms with van der Waals surface area (Å²) in [6, 6.07) is 1.98. The van der Waals surface area contributed by atoms with Crippen LogP contribution >= 0.6 is 0 Å². The van der Waals surface area contributed by atoms with Crippen LogP contribution in [0.4, 0.5) is 16.6 Å². The number of hydrogen-bond acceptors (Lipinski definition) is 8. The van der Waals surface area contributed by atoms with Crippen molar-refractivity contribution in [2.75, 3.05) is 16.8 Å². The van der Waals surface area contributed by atoms with Crippen LogP contribution in [0.3, 0.4) is 0 Å². The number of amides is 1. The number of rotatable bonds is 7. The van der Waals surface area contributed by atoms with Gasteiger partial charge in [-0.2, -0.15) is 4.98 Å². The third-order valence-corrected chi connectivity index (χ3v) is 5.88. The van der Waals surface area contributed by atoms with Crippen molar-refractivity contribution in [1.82, 2.24) is 19.9 Å². The van der Waals surface area contributed by atoms with E-state index in [9.17, 15) is 4.79 Å². The van der Waals surface area contributed by atoms with Crippen molar-refractivity contribution in [2.45, 2.75) is 71.1 Å². The predicted molar refractivity (Wildman–Crippen MR) is 116 cm³/mol. The summed E-state index contributed by atoms with van der Waals surface area (Å²) < 4.78 is 11.1. The first-order valence-electron chi connectivity index (χ1n) is 11.1. The third kappa shape index (κ3) is 5.03. The van der Waals surface area contributed by atoms with Crippen LogP contribution in [0.1, 0.15) is 64.5 Å². The van der Waals surface area contributed by atoms with Crippen molar-refractivity contribution in [2.24, 2.45) is 5.92 Å². The number of nitrogens with zero attached hydrogens (tertiary/aromatic N) is 5. The molecule has 0 radical (unpaired) electrons. The average molecular weight is 427 g/mol. The lowest BCUT2D eigenvalue weighted by Gasteiger charge is -2.24. The first-order valence-corrected chi connectivity index (χ1v) is 11.1. The molecule has 1 unspecified atom stereocenters. The lowest BCUT2D eigenvalue weighted by Crippen LogP contribution is -2.37. The molecular formula is C22H30N6O3. The quantitative estimate of drug-likeness (QED) is 0.705. The molecule has 2 aromatic heterocycles. The molecule has 1 saturated carbocycles. The number of anilines is 2. The molecule has 1 aliphatic heterocycles. The Kier molecular flexibility index (Phi) is 6.48. The van der Waals surface area contributed by atoms with E-state index < -0.39 is 0 Å². The van der Waals surface area contributed by atoms with Crippen LogP contribution in [-0.4, -0.2) is 44.8 Å². The Morgan fingerprint density at radius 1 is 1.13 bits per heavy atom. The molecule has 1 aliphatic carbocycles. The summed E-state index contributed by atoms with van der Waals surface area (Å²) >= 11 is 0. The van der Waals surface area contributed by atoms with Gasteiger partial charge in [-0.1, -0.05) is 20.3 Å². The lowest BCUT2D eigenvalue weighted by atomic mass is 9.98. The van der Waals surface area contributed by atoms with E-state index in [-0.39, 0.29) is 30.2 Å². The molecule has 0 bridgehead atoms. The number of carbonyl (C=O) groups excluding carboxylic acids is 1. The highest BCUT2D eigenvalue weighted by Crippen LogP contribution is 2.27. The van der Waals surface area contributed by atoms with E-state index >= 15 is 0 Å². The van der Waals surface area contributed by atoms with Gasteiger partial charge in [-0.25, -0.2) is 19.7 Å². The second-order valence-corrected chi connectivity index (χ2v) is 8.54. The SMILES string of the molecule is CC(Nc1nccc(N2C(=O)OC[C@@H]2C(C)C)n1)c1cnc(OC2CCCCC2)nc1. The van der Waals surface area contributed by atoms with E-state index in [2.05, 4.69) is 39.1 Å². The van der Waals surface area contributed by atoms with Gasteiger partial charge in [0, 0.05) is 24.2 Å². The zero-order chi connectivity index (χ0) is 21.8. The molecule has 2 aromatic rings. The van der Waals surface area contributed by atoms with Gasteiger partial charge in [0.15, 0.2) is 0 Å². The van der Waals surface area contributed by atoms with Gasteiger partial charge < -0.3 is 14.8 Å². The molecule has 3 heterocycles. The van der Waals surface area contributed by atoms with Crippen molar-refractivity contribution < 1.29 is 14.3 Å². The molecule has 1 amide bonds. The van der Waals surface area contributed by atoms with Gasteiger partial charge in [-0.05, 0) is 44.6 Å². The van der Waals surface area contributed by atoms with Gasteiger partial charge in [0.2, 0.25) is 5.95 Å². The van der Waals surface area contributed by atoms with Gasteiger partial charge in [0.05, 0.1) is 12.1 Å². The molecule has 9 heteroatoms. The minimum Gasteiger partial charge on any atom is -0.460 e. The summed E-state index contributed by atoms with van der Waals surface area (Å²) in [6.45, 7) is 6.47. The number of cyclic esters (lactones) is 1. The molecule has 0 spiro atoms. The second-order valence-electron chi connectivity index (χ2n) is 8.54. The molecule has 1 N–H and O–H groups in total. The van der Waals surface area contributed by atoms with Crippen LogP contribution < -0.4 is 15.0 Å². The second kappa shape index (κ2) is 9.45. The summed E-state index contributed by atoms with van der Waals surface area (Å²) in [5, 5.41) is 3.26. The summed E-state index contributed by atoms with van der Waals surface area (Å²) in [7, 11) is 0. The standard InChI is InChI=1S/C22H30N6O3/c1-14(2)18-13-30-22(29)28(18)19-9-10-23-20(27-19)26-15(3)16-11-24-21(25-12-16)31-17-7-5-4-6-8-17/h9-12,14-15,17-18H,4-8,13H2,1-3H3,(H,23,26,27)/t15?,18-/m1/s1. The first-order chi connectivity index (χ1) is 15.0. The highest BCUT2D eigenvalue weighted by atomic mass is 16.6. The van der Waals surface area contributed by atoms with Crippen molar-refractivity contribution in [3.63, 3.8) is 0 Å². The van der Waals surface area contributed by atoms with E-state index in [1.807, 2.05) is 6.92 Å². The molecule has 166 valence electrons. The molecule has 2 fully saturated rings. The zero-order valence-corrected chi connectivity index (χ0v) is 18.3. The van der Waals surface area contributed by atoms with Crippen molar-refractivity contribution in [3.05, 3.63) is 30.2 Å². The van der Waals surface area contributed by atoms with Gasteiger partial charge in [-0.15, -0.1) is 0 Å². The fourth-order valence-electron chi connectivity index (χ4n) is 3.96. The fourth-order valence-corrected chi connectivity index (χ4v) is 3.96. The average Bonchev–Trinajstić information content (AvgIpc) is 3.17. The highest BCUT2D eigenvalue weighted by molar-refractivity contribution is 5.89. The van der Waals surface area contributed by atoms with Gasteiger partial charge >= 0.3 is 12.1 Å². The molecule has 31 heavy (non-hydrogen) atoms. The third-order valence-electron chi connectivity index (χ3n) is 5.88. The Morgan fingerprint density at radius 2 is 1.87 bits per heavy atom. The topological polar surface area (TPSA) is 102 Å². The number of carbonyl (C=O) groups is 1. The maximum atomic E-state index is 12.2. The normalized spacial score (nSPS) is 20.6. The van der Waals surface area contributed by atoms with E-state index in [1.165, 1.54) is 19.3 Å².